The van der Waals surface area contributed by atoms with E-state index in [2.05, 4.69) is 0 Å². The van der Waals surface area contributed by atoms with E-state index in [0.717, 1.165) is 12.1 Å². The van der Waals surface area contributed by atoms with Crippen molar-refractivity contribution in [2.45, 2.75) is 19.6 Å². The van der Waals surface area contributed by atoms with E-state index in [-0.39, 0.29) is 28.8 Å². The van der Waals surface area contributed by atoms with Crippen LogP contribution in [0.3, 0.4) is 0 Å². The normalized spacial score (nSPS) is 10.3. The summed E-state index contributed by atoms with van der Waals surface area (Å²) < 4.78 is 18.1. The number of carbonyl (C=O) groups excluding carboxylic acids is 2. The summed E-state index contributed by atoms with van der Waals surface area (Å²) in [5, 5.41) is 9.84. The second kappa shape index (κ2) is 7.13. The van der Waals surface area contributed by atoms with Crippen molar-refractivity contribution >= 4 is 23.5 Å². The van der Waals surface area contributed by atoms with Gasteiger partial charge in [-0.05, 0) is 26.0 Å². The van der Waals surface area contributed by atoms with Crippen LogP contribution in [0.1, 0.15) is 29.8 Å². The van der Waals surface area contributed by atoms with Crippen LogP contribution < -0.4 is 0 Å². The lowest BCUT2D eigenvalue weighted by molar-refractivity contribution is -0.139. The van der Waals surface area contributed by atoms with Crippen LogP contribution >= 0.6 is 11.8 Å². The summed E-state index contributed by atoms with van der Waals surface area (Å²) in [7, 11) is 0. The molecule has 0 atom stereocenters. The number of ether oxygens (including phenoxy) is 1. The lowest BCUT2D eigenvalue weighted by Gasteiger charge is -2.08. The van der Waals surface area contributed by atoms with Crippen LogP contribution in [0.4, 0.5) is 4.39 Å². The van der Waals surface area contributed by atoms with E-state index in [0.29, 0.717) is 12.2 Å². The van der Waals surface area contributed by atoms with Gasteiger partial charge in [0.2, 0.25) is 0 Å². The molecule has 1 aromatic rings. The molecule has 0 amide bonds. The molecule has 0 aromatic heterocycles. The lowest BCUT2D eigenvalue weighted by Crippen LogP contribution is -2.07. The molecule has 0 aliphatic heterocycles. The van der Waals surface area contributed by atoms with Crippen molar-refractivity contribution < 1.29 is 23.8 Å². The smallest absolute Gasteiger partial charge is 0.315 e. The number of thioether (sulfide) groups is 1. The summed E-state index contributed by atoms with van der Waals surface area (Å²) in [6.07, 6.45) is 0. The van der Waals surface area contributed by atoms with E-state index in [1.807, 2.05) is 0 Å². The molecule has 0 saturated carbocycles. The molecule has 6 heteroatoms. The Kier molecular flexibility index (Phi) is 5.82. The van der Waals surface area contributed by atoms with Crippen LogP contribution in [-0.2, 0) is 15.3 Å². The molecule has 0 spiro atoms. The van der Waals surface area contributed by atoms with Crippen molar-refractivity contribution in [3.8, 4) is 5.75 Å². The number of halogens is 1. The van der Waals surface area contributed by atoms with E-state index in [9.17, 15) is 19.1 Å². The van der Waals surface area contributed by atoms with Gasteiger partial charge in [0.05, 0.1) is 17.9 Å². The molecule has 19 heavy (non-hydrogen) atoms. The zero-order valence-corrected chi connectivity index (χ0v) is 11.6. The topological polar surface area (TPSA) is 63.6 Å². The molecule has 0 unspecified atom stereocenters. The van der Waals surface area contributed by atoms with E-state index in [4.69, 9.17) is 4.74 Å². The number of hydrogen-bond acceptors (Lipinski definition) is 5. The highest BCUT2D eigenvalue weighted by atomic mass is 32.2. The first-order chi connectivity index (χ1) is 8.95. The van der Waals surface area contributed by atoms with Gasteiger partial charge in [0.25, 0.3) is 0 Å². The van der Waals surface area contributed by atoms with Crippen LogP contribution in [0, 0.1) is 5.82 Å². The number of aromatic hydroxyl groups is 1. The molecule has 0 heterocycles. The zero-order chi connectivity index (χ0) is 14.4. The van der Waals surface area contributed by atoms with E-state index < -0.39 is 11.6 Å². The Hall–Kier alpha value is -1.56. The Morgan fingerprint density at radius 3 is 2.68 bits per heavy atom. The number of rotatable bonds is 6. The number of ketones is 1. The third-order valence-electron chi connectivity index (χ3n) is 2.32. The molecule has 1 aromatic carbocycles. The first-order valence-corrected chi connectivity index (χ1v) is 6.86. The Labute approximate surface area is 115 Å². The quantitative estimate of drug-likeness (QED) is 0.643. The molecule has 4 nitrogen and oxygen atoms in total. The van der Waals surface area contributed by atoms with Crippen LogP contribution in [0.25, 0.3) is 0 Å². The van der Waals surface area contributed by atoms with Crippen molar-refractivity contribution in [2.24, 2.45) is 0 Å². The number of esters is 1. The fourth-order valence-electron chi connectivity index (χ4n) is 1.48. The van der Waals surface area contributed by atoms with Gasteiger partial charge in [0.15, 0.2) is 5.78 Å². The number of phenolic OH excluding ortho intramolecular Hbond substituents is 1. The predicted molar refractivity (Wildman–Crippen MR) is 70.9 cm³/mol. The van der Waals surface area contributed by atoms with Gasteiger partial charge in [-0.15, -0.1) is 11.8 Å². The molecule has 0 aliphatic rings. The molecule has 0 saturated heterocycles. The van der Waals surface area contributed by atoms with Gasteiger partial charge >= 0.3 is 5.97 Å². The summed E-state index contributed by atoms with van der Waals surface area (Å²) >= 11 is 1.19. The summed E-state index contributed by atoms with van der Waals surface area (Å²) in [5.41, 5.74) is 0.242. The minimum absolute atomic E-state index is 0.0493. The van der Waals surface area contributed by atoms with Gasteiger partial charge in [-0.2, -0.15) is 0 Å². The standard InChI is InChI=1S/C13H15FO4S/c1-3-18-12(16)7-19-6-9-4-10(14)5-11(8(2)15)13(9)17/h4-5,17H,3,6-7H2,1-2H3. The summed E-state index contributed by atoms with van der Waals surface area (Å²) in [4.78, 5) is 22.4. The summed E-state index contributed by atoms with van der Waals surface area (Å²) in [5.74, 6) is -1.26. The molecule has 0 radical (unpaired) electrons. The highest BCUT2D eigenvalue weighted by molar-refractivity contribution is 7.99. The number of hydrogen-bond donors (Lipinski definition) is 1. The van der Waals surface area contributed by atoms with Crippen molar-refractivity contribution in [1.82, 2.24) is 0 Å². The first-order valence-electron chi connectivity index (χ1n) is 5.71. The van der Waals surface area contributed by atoms with E-state index >= 15 is 0 Å². The average molecular weight is 286 g/mol. The van der Waals surface area contributed by atoms with E-state index in [1.165, 1.54) is 18.7 Å². The number of carbonyl (C=O) groups is 2. The monoisotopic (exact) mass is 286 g/mol. The van der Waals surface area contributed by atoms with Crippen molar-refractivity contribution in [3.05, 3.63) is 29.1 Å². The second-order valence-corrected chi connectivity index (χ2v) is 4.80. The maximum Gasteiger partial charge on any atom is 0.315 e. The van der Waals surface area contributed by atoms with Crippen LogP contribution in [0.15, 0.2) is 12.1 Å². The molecule has 0 bridgehead atoms. The summed E-state index contributed by atoms with van der Waals surface area (Å²) in [6.45, 7) is 3.27. The Morgan fingerprint density at radius 2 is 2.11 bits per heavy atom. The Balaban J connectivity index is 2.73. The Morgan fingerprint density at radius 1 is 1.42 bits per heavy atom. The summed E-state index contributed by atoms with van der Waals surface area (Å²) in [6, 6.07) is 2.15. The fourth-order valence-corrected chi connectivity index (χ4v) is 2.27. The maximum absolute atomic E-state index is 13.3. The van der Waals surface area contributed by atoms with Gasteiger partial charge in [0.1, 0.15) is 11.6 Å². The van der Waals surface area contributed by atoms with Crippen molar-refractivity contribution in [2.75, 3.05) is 12.4 Å². The van der Waals surface area contributed by atoms with Crippen LogP contribution in [0.2, 0.25) is 0 Å². The highest BCUT2D eigenvalue weighted by Gasteiger charge is 2.14. The fraction of sp³-hybridized carbons (Fsp3) is 0.385. The third kappa shape index (κ3) is 4.55. The number of phenols is 1. The minimum Gasteiger partial charge on any atom is -0.507 e. The first kappa shape index (κ1) is 15.5. The van der Waals surface area contributed by atoms with Gasteiger partial charge < -0.3 is 9.84 Å². The van der Waals surface area contributed by atoms with Gasteiger partial charge in [-0.1, -0.05) is 0 Å². The third-order valence-corrected chi connectivity index (χ3v) is 3.27. The largest absolute Gasteiger partial charge is 0.507 e. The minimum atomic E-state index is -0.588. The molecule has 104 valence electrons. The Bertz CT molecular complexity index is 488. The van der Waals surface area contributed by atoms with Gasteiger partial charge in [-0.3, -0.25) is 9.59 Å². The lowest BCUT2D eigenvalue weighted by atomic mass is 10.1. The predicted octanol–water partition coefficient (Wildman–Crippen LogP) is 2.53. The SMILES string of the molecule is CCOC(=O)CSCc1cc(F)cc(C(C)=O)c1O. The van der Waals surface area contributed by atoms with E-state index in [1.54, 1.807) is 6.92 Å². The van der Waals surface area contributed by atoms with Crippen LogP contribution in [-0.4, -0.2) is 29.2 Å². The molecular formula is C13H15FO4S. The van der Waals surface area contributed by atoms with Gasteiger partial charge in [-0.25, -0.2) is 4.39 Å². The van der Waals surface area contributed by atoms with Crippen LogP contribution in [0.5, 0.6) is 5.75 Å². The maximum atomic E-state index is 13.3. The number of benzene rings is 1. The molecular weight excluding hydrogens is 271 g/mol. The molecule has 0 fully saturated rings. The molecule has 0 aliphatic carbocycles. The van der Waals surface area contributed by atoms with Gasteiger partial charge in [0, 0.05) is 11.3 Å². The molecule has 1 N–H and O–H groups in total. The van der Waals surface area contributed by atoms with Crippen molar-refractivity contribution in [3.63, 3.8) is 0 Å². The zero-order valence-electron chi connectivity index (χ0n) is 10.7. The number of Topliss-reactive ketones (excluding diaryl/α,β-unsaturated/α-hetero) is 1. The highest BCUT2D eigenvalue weighted by Crippen LogP contribution is 2.28. The van der Waals surface area contributed by atoms with Crippen molar-refractivity contribution in [1.29, 1.82) is 0 Å². The average Bonchev–Trinajstić information content (AvgIpc) is 2.33. The molecule has 1 rings (SSSR count). The second-order valence-electron chi connectivity index (χ2n) is 3.82.